The summed E-state index contributed by atoms with van der Waals surface area (Å²) < 4.78 is 0. The Morgan fingerprint density at radius 2 is 2.06 bits per heavy atom. The van der Waals surface area contributed by atoms with Gasteiger partial charge in [-0.05, 0) is 23.6 Å². The smallest absolute Gasteiger partial charge is 0.131 e. The van der Waals surface area contributed by atoms with Crippen molar-refractivity contribution >= 4 is 17.3 Å². The highest BCUT2D eigenvalue weighted by Gasteiger charge is 2.19. The number of nitrogens with zero attached hydrogens (tertiary/aromatic N) is 2. The highest BCUT2D eigenvalue weighted by Crippen LogP contribution is 2.30. The molecule has 0 N–H and O–H groups in total. The van der Waals surface area contributed by atoms with Crippen LogP contribution >= 0.6 is 11.6 Å². The average molecular weight is 245 g/mol. The molecule has 0 fully saturated rings. The van der Waals surface area contributed by atoms with Gasteiger partial charge in [0.25, 0.3) is 0 Å². The number of halogens is 1. The first-order chi connectivity index (χ1) is 8.33. The highest BCUT2D eigenvalue weighted by atomic mass is 35.5. The van der Waals surface area contributed by atoms with Crippen molar-refractivity contribution in [1.29, 1.82) is 0 Å². The fourth-order valence-corrected chi connectivity index (χ4v) is 2.43. The lowest BCUT2D eigenvalue weighted by Crippen LogP contribution is -2.19. The normalized spacial score (nSPS) is 13.8. The molecule has 1 aliphatic heterocycles. The molecule has 3 heteroatoms. The van der Waals surface area contributed by atoms with Gasteiger partial charge in [0, 0.05) is 25.0 Å². The van der Waals surface area contributed by atoms with Crippen LogP contribution in [-0.4, -0.2) is 11.5 Å². The number of aromatic nitrogens is 1. The number of anilines is 1. The molecule has 2 aromatic rings. The molecule has 2 heterocycles. The van der Waals surface area contributed by atoms with Gasteiger partial charge in [0.15, 0.2) is 0 Å². The largest absolute Gasteiger partial charge is 0.367 e. The van der Waals surface area contributed by atoms with Crippen LogP contribution in [0.25, 0.3) is 0 Å². The molecule has 0 aliphatic carbocycles. The van der Waals surface area contributed by atoms with Crippen molar-refractivity contribution < 1.29 is 0 Å². The lowest BCUT2D eigenvalue weighted by Gasteiger charge is -2.19. The molecule has 1 aliphatic rings. The summed E-state index contributed by atoms with van der Waals surface area (Å²) in [7, 11) is 0. The van der Waals surface area contributed by atoms with E-state index < -0.39 is 0 Å². The van der Waals surface area contributed by atoms with Crippen LogP contribution in [0.15, 0.2) is 42.6 Å². The van der Waals surface area contributed by atoms with Gasteiger partial charge in [-0.15, -0.1) is 0 Å². The van der Waals surface area contributed by atoms with Crippen LogP contribution in [0.3, 0.4) is 0 Å². The van der Waals surface area contributed by atoms with Crippen LogP contribution in [0.1, 0.15) is 11.1 Å². The van der Waals surface area contributed by atoms with Gasteiger partial charge in [-0.2, -0.15) is 0 Å². The first-order valence-electron chi connectivity index (χ1n) is 5.76. The molecule has 0 saturated heterocycles. The molecule has 86 valence electrons. The first-order valence-corrected chi connectivity index (χ1v) is 6.14. The van der Waals surface area contributed by atoms with Crippen molar-refractivity contribution in [2.24, 2.45) is 0 Å². The molecule has 0 spiro atoms. The maximum atomic E-state index is 5.95. The van der Waals surface area contributed by atoms with Crippen molar-refractivity contribution in [3.8, 4) is 0 Å². The van der Waals surface area contributed by atoms with E-state index in [4.69, 9.17) is 11.6 Å². The Bertz CT molecular complexity index is 525. The fraction of sp³-hybridized carbons (Fsp3) is 0.214. The van der Waals surface area contributed by atoms with Gasteiger partial charge in [-0.25, -0.2) is 4.98 Å². The van der Waals surface area contributed by atoms with Gasteiger partial charge in [0.05, 0.1) is 0 Å². The Labute approximate surface area is 106 Å². The molecule has 1 aromatic carbocycles. The zero-order valence-electron chi connectivity index (χ0n) is 9.44. The minimum atomic E-state index is 0.573. The number of hydrogen-bond donors (Lipinski definition) is 0. The van der Waals surface area contributed by atoms with E-state index in [1.165, 1.54) is 16.8 Å². The number of pyridine rings is 1. The maximum Gasteiger partial charge on any atom is 0.131 e. The highest BCUT2D eigenvalue weighted by molar-refractivity contribution is 6.29. The fourth-order valence-electron chi connectivity index (χ4n) is 2.28. The average Bonchev–Trinajstić information content (AvgIpc) is 2.73. The van der Waals surface area contributed by atoms with E-state index in [9.17, 15) is 0 Å². The summed E-state index contributed by atoms with van der Waals surface area (Å²) in [6.07, 6.45) is 2.95. The number of benzene rings is 1. The number of fused-ring (bicyclic) bond motifs is 1. The molecule has 0 atom stereocenters. The lowest BCUT2D eigenvalue weighted by molar-refractivity contribution is 0.836. The van der Waals surface area contributed by atoms with E-state index >= 15 is 0 Å². The standard InChI is InChI=1S/C14H13ClN2/c15-14-8-13-12(9-16-14)6-7-17(13)10-11-4-2-1-3-5-11/h1-5,8-9H,6-7,10H2. The third-order valence-corrected chi connectivity index (χ3v) is 3.34. The molecule has 0 saturated carbocycles. The second-order valence-electron chi connectivity index (χ2n) is 4.29. The Hall–Kier alpha value is -1.54. The zero-order valence-corrected chi connectivity index (χ0v) is 10.2. The predicted octanol–water partition coefficient (Wildman–Crippen LogP) is 3.30. The van der Waals surface area contributed by atoms with Gasteiger partial charge < -0.3 is 4.90 Å². The topological polar surface area (TPSA) is 16.1 Å². The molecule has 1 aromatic heterocycles. The van der Waals surface area contributed by atoms with Crippen LogP contribution < -0.4 is 4.90 Å². The van der Waals surface area contributed by atoms with Gasteiger partial charge in [0.1, 0.15) is 5.15 Å². The third-order valence-electron chi connectivity index (χ3n) is 3.14. The molecule has 0 bridgehead atoms. The summed E-state index contributed by atoms with van der Waals surface area (Å²) in [5.41, 5.74) is 3.85. The van der Waals surface area contributed by atoms with Crippen LogP contribution in [0.5, 0.6) is 0 Å². The van der Waals surface area contributed by atoms with Crippen molar-refractivity contribution in [1.82, 2.24) is 4.98 Å². The molecule has 0 radical (unpaired) electrons. The maximum absolute atomic E-state index is 5.95. The van der Waals surface area contributed by atoms with Crippen LogP contribution in [0, 0.1) is 0 Å². The summed E-state index contributed by atoms with van der Waals surface area (Å²) in [4.78, 5) is 6.49. The Balaban J connectivity index is 1.86. The van der Waals surface area contributed by atoms with E-state index in [1.807, 2.05) is 18.3 Å². The quantitative estimate of drug-likeness (QED) is 0.754. The SMILES string of the molecule is Clc1cc2c(cn1)CCN2Cc1ccccc1. The van der Waals surface area contributed by atoms with E-state index in [-0.39, 0.29) is 0 Å². The van der Waals surface area contributed by atoms with Crippen molar-refractivity contribution in [2.75, 3.05) is 11.4 Å². The minimum Gasteiger partial charge on any atom is -0.367 e. The molecular weight excluding hydrogens is 232 g/mol. The Morgan fingerprint density at radius 3 is 2.88 bits per heavy atom. The second-order valence-corrected chi connectivity index (χ2v) is 4.68. The van der Waals surface area contributed by atoms with E-state index in [1.54, 1.807) is 0 Å². The van der Waals surface area contributed by atoms with Gasteiger partial charge in [-0.1, -0.05) is 41.9 Å². The van der Waals surface area contributed by atoms with E-state index in [2.05, 4.69) is 34.1 Å². The van der Waals surface area contributed by atoms with Crippen molar-refractivity contribution in [3.63, 3.8) is 0 Å². The summed E-state index contributed by atoms with van der Waals surface area (Å²) in [6.45, 7) is 1.99. The third kappa shape index (κ3) is 2.13. The Morgan fingerprint density at radius 1 is 1.24 bits per heavy atom. The predicted molar refractivity (Wildman–Crippen MR) is 70.4 cm³/mol. The second kappa shape index (κ2) is 4.38. The van der Waals surface area contributed by atoms with Gasteiger partial charge in [-0.3, -0.25) is 0 Å². The van der Waals surface area contributed by atoms with Crippen LogP contribution in [-0.2, 0) is 13.0 Å². The zero-order chi connectivity index (χ0) is 11.7. The van der Waals surface area contributed by atoms with E-state index in [0.29, 0.717) is 5.15 Å². The minimum absolute atomic E-state index is 0.573. The molecule has 3 rings (SSSR count). The molecule has 17 heavy (non-hydrogen) atoms. The summed E-state index contributed by atoms with van der Waals surface area (Å²) in [5, 5.41) is 0.573. The summed E-state index contributed by atoms with van der Waals surface area (Å²) in [5.74, 6) is 0. The molecular formula is C14H13ClN2. The summed E-state index contributed by atoms with van der Waals surface area (Å²) >= 11 is 5.95. The Kier molecular flexibility index (Phi) is 2.73. The van der Waals surface area contributed by atoms with Gasteiger partial charge >= 0.3 is 0 Å². The monoisotopic (exact) mass is 244 g/mol. The van der Waals surface area contributed by atoms with Crippen molar-refractivity contribution in [2.45, 2.75) is 13.0 Å². The van der Waals surface area contributed by atoms with Crippen molar-refractivity contribution in [3.05, 3.63) is 58.9 Å². The summed E-state index contributed by atoms with van der Waals surface area (Å²) in [6, 6.07) is 12.5. The van der Waals surface area contributed by atoms with E-state index in [0.717, 1.165) is 19.5 Å². The molecule has 2 nitrogen and oxygen atoms in total. The molecule has 0 amide bonds. The number of rotatable bonds is 2. The molecule has 0 unspecified atom stereocenters. The first kappa shape index (κ1) is 10.6. The van der Waals surface area contributed by atoms with Gasteiger partial charge in [0.2, 0.25) is 0 Å². The van der Waals surface area contributed by atoms with Crippen LogP contribution in [0.4, 0.5) is 5.69 Å². The lowest BCUT2D eigenvalue weighted by atomic mass is 10.2. The number of hydrogen-bond acceptors (Lipinski definition) is 2. The van der Waals surface area contributed by atoms with Crippen LogP contribution in [0.2, 0.25) is 5.15 Å².